The van der Waals surface area contributed by atoms with Crippen LogP contribution in [0.2, 0.25) is 0 Å². The van der Waals surface area contributed by atoms with Crippen molar-refractivity contribution in [2.24, 2.45) is 0 Å². The lowest BCUT2D eigenvalue weighted by Crippen LogP contribution is -2.35. The van der Waals surface area contributed by atoms with Gasteiger partial charge in [-0.05, 0) is 30.3 Å². The number of methoxy groups -OCH3 is 1. The topological polar surface area (TPSA) is 77.6 Å². The molecular weight excluding hydrogens is 376 g/mol. The molecule has 0 atom stereocenters. The molecular formula is C18H17F2N3O3S. The Balaban J connectivity index is 2.01. The van der Waals surface area contributed by atoms with Gasteiger partial charge in [-0.25, -0.2) is 17.9 Å². The zero-order valence-corrected chi connectivity index (χ0v) is 15.2. The molecule has 2 aromatic carbocycles. The lowest BCUT2D eigenvalue weighted by Gasteiger charge is -2.19. The van der Waals surface area contributed by atoms with Crippen LogP contribution in [0, 0.1) is 11.6 Å². The molecule has 0 aliphatic rings. The number of aliphatic hydroxyl groups excluding tert-OH is 1. The number of anilines is 1. The Bertz CT molecular complexity index is 954. The number of nitrogens with one attached hydrogen (secondary N) is 2. The Morgan fingerprint density at radius 1 is 1.26 bits per heavy atom. The molecule has 0 radical (unpaired) electrons. The second kappa shape index (κ2) is 7.85. The zero-order chi connectivity index (χ0) is 19.6. The Kier molecular flexibility index (Phi) is 5.52. The molecule has 6 nitrogen and oxygen atoms in total. The number of halogens is 2. The average Bonchev–Trinajstić information content (AvgIpc) is 3.07. The highest BCUT2D eigenvalue weighted by Crippen LogP contribution is 2.35. The first-order chi connectivity index (χ1) is 12.9. The lowest BCUT2D eigenvalue weighted by molar-refractivity contribution is 0.242. The maximum atomic E-state index is 13.4. The number of nitrogens with zero attached hydrogens (tertiary/aromatic N) is 1. The van der Waals surface area contributed by atoms with Gasteiger partial charge >= 0.3 is 6.03 Å². The molecule has 142 valence electrons. The van der Waals surface area contributed by atoms with E-state index < -0.39 is 17.7 Å². The summed E-state index contributed by atoms with van der Waals surface area (Å²) in [5.74, 6) is -1.46. The minimum absolute atomic E-state index is 0.0804. The molecule has 3 N–H and O–H groups in total. The van der Waals surface area contributed by atoms with Crippen molar-refractivity contribution in [3.8, 4) is 17.0 Å². The van der Waals surface area contributed by atoms with E-state index in [9.17, 15) is 13.6 Å². The number of hydrogen-bond acceptors (Lipinski definition) is 4. The second-order valence-electron chi connectivity index (χ2n) is 5.69. The summed E-state index contributed by atoms with van der Waals surface area (Å²) in [7, 11) is 1.46. The van der Waals surface area contributed by atoms with Crippen LogP contribution in [0.25, 0.3) is 22.2 Å². The Labute approximate surface area is 159 Å². The third-order valence-corrected chi connectivity index (χ3v) is 4.36. The summed E-state index contributed by atoms with van der Waals surface area (Å²) in [5.41, 5.74) is 2.09. The molecule has 1 heterocycles. The standard InChI is InChI=1S/C18H17F2N3O3S/c1-26-17-3-2-10(8-16(17)23(27)18(25)21-4-5-24)14-7-11-6-12(19)13(20)9-15(11)22-14/h2-3,6-9,22,24,27H,4-5H2,1H3,(H,21,25). The number of rotatable bonds is 5. The SMILES string of the molecule is COc1ccc(-c2cc3cc(F)c(F)cc3[nH]2)cc1N(S)C(=O)NCCO. The van der Waals surface area contributed by atoms with Crippen LogP contribution in [-0.2, 0) is 0 Å². The van der Waals surface area contributed by atoms with E-state index in [0.717, 1.165) is 16.4 Å². The Morgan fingerprint density at radius 3 is 2.70 bits per heavy atom. The van der Waals surface area contributed by atoms with Gasteiger partial charge in [-0.3, -0.25) is 0 Å². The number of hydrogen-bond donors (Lipinski definition) is 4. The van der Waals surface area contributed by atoms with Crippen molar-refractivity contribution in [3.05, 3.63) is 48.0 Å². The summed E-state index contributed by atoms with van der Waals surface area (Å²) < 4.78 is 33.2. The van der Waals surface area contributed by atoms with Gasteiger partial charge in [0, 0.05) is 34.8 Å². The number of ether oxygens (including phenoxy) is 1. The van der Waals surface area contributed by atoms with Gasteiger partial charge in [-0.15, -0.1) is 0 Å². The minimum atomic E-state index is -0.937. The van der Waals surface area contributed by atoms with Crippen LogP contribution < -0.4 is 14.4 Å². The molecule has 0 fully saturated rings. The Morgan fingerprint density at radius 2 is 2.00 bits per heavy atom. The molecule has 0 spiro atoms. The van der Waals surface area contributed by atoms with Crippen LogP contribution in [-0.4, -0.2) is 36.4 Å². The van der Waals surface area contributed by atoms with E-state index in [2.05, 4.69) is 23.1 Å². The fraction of sp³-hybridized carbons (Fsp3) is 0.167. The molecule has 2 amide bonds. The fourth-order valence-electron chi connectivity index (χ4n) is 2.65. The predicted molar refractivity (Wildman–Crippen MR) is 102 cm³/mol. The van der Waals surface area contributed by atoms with Crippen molar-refractivity contribution in [3.63, 3.8) is 0 Å². The number of amides is 2. The number of thiol groups is 1. The maximum Gasteiger partial charge on any atom is 0.332 e. The van der Waals surface area contributed by atoms with Gasteiger partial charge in [0.2, 0.25) is 0 Å². The zero-order valence-electron chi connectivity index (χ0n) is 14.3. The van der Waals surface area contributed by atoms with Crippen LogP contribution in [0.5, 0.6) is 5.75 Å². The number of H-pyrrole nitrogens is 1. The van der Waals surface area contributed by atoms with E-state index in [-0.39, 0.29) is 13.2 Å². The smallest absolute Gasteiger partial charge is 0.332 e. The van der Waals surface area contributed by atoms with Gasteiger partial charge in [-0.2, -0.15) is 0 Å². The third kappa shape index (κ3) is 3.83. The third-order valence-electron chi connectivity index (χ3n) is 3.96. The first kappa shape index (κ1) is 19.0. The van der Waals surface area contributed by atoms with E-state index in [4.69, 9.17) is 9.84 Å². The summed E-state index contributed by atoms with van der Waals surface area (Å²) in [4.78, 5) is 15.1. The maximum absolute atomic E-state index is 13.4. The van der Waals surface area contributed by atoms with Gasteiger partial charge in [0.25, 0.3) is 0 Å². The average molecular weight is 393 g/mol. The number of aliphatic hydroxyl groups is 1. The van der Waals surface area contributed by atoms with Crippen LogP contribution in [0.3, 0.4) is 0 Å². The van der Waals surface area contributed by atoms with Gasteiger partial charge in [0.05, 0.1) is 19.4 Å². The first-order valence-electron chi connectivity index (χ1n) is 7.98. The number of urea groups is 1. The van der Waals surface area contributed by atoms with Crippen molar-refractivity contribution in [1.29, 1.82) is 0 Å². The number of benzene rings is 2. The van der Waals surface area contributed by atoms with Gasteiger partial charge in [0.1, 0.15) is 5.75 Å². The van der Waals surface area contributed by atoms with Crippen molar-refractivity contribution < 1.29 is 23.4 Å². The number of fused-ring (bicyclic) bond motifs is 1. The van der Waals surface area contributed by atoms with Gasteiger partial charge in [0.15, 0.2) is 11.6 Å². The number of carbonyl (C=O) groups excluding carboxylic acids is 1. The van der Waals surface area contributed by atoms with Crippen molar-refractivity contribution in [1.82, 2.24) is 10.3 Å². The highest BCUT2D eigenvalue weighted by molar-refractivity contribution is 7.82. The van der Waals surface area contributed by atoms with Crippen molar-refractivity contribution >= 4 is 35.4 Å². The van der Waals surface area contributed by atoms with E-state index in [0.29, 0.717) is 33.6 Å². The van der Waals surface area contributed by atoms with E-state index in [1.54, 1.807) is 24.3 Å². The highest BCUT2D eigenvalue weighted by Gasteiger charge is 2.18. The molecule has 9 heteroatoms. The van der Waals surface area contributed by atoms with E-state index in [1.165, 1.54) is 7.11 Å². The summed E-state index contributed by atoms with van der Waals surface area (Å²) in [6, 6.07) is 8.39. The molecule has 0 unspecified atom stereocenters. The molecule has 0 aliphatic carbocycles. The lowest BCUT2D eigenvalue weighted by atomic mass is 10.1. The molecule has 0 bridgehead atoms. The number of aromatic amines is 1. The molecule has 0 saturated carbocycles. The molecule has 0 saturated heterocycles. The number of carbonyl (C=O) groups is 1. The highest BCUT2D eigenvalue weighted by atomic mass is 32.1. The predicted octanol–water partition coefficient (Wildman–Crippen LogP) is 3.47. The molecule has 27 heavy (non-hydrogen) atoms. The van der Waals surface area contributed by atoms with Crippen LogP contribution in [0.15, 0.2) is 36.4 Å². The normalized spacial score (nSPS) is 10.9. The second-order valence-corrected chi connectivity index (χ2v) is 6.09. The number of aromatic nitrogens is 1. The Hall–Kier alpha value is -2.78. The fourth-order valence-corrected chi connectivity index (χ4v) is 2.88. The quantitative estimate of drug-likeness (QED) is 0.501. The first-order valence-corrected chi connectivity index (χ1v) is 8.38. The molecule has 3 rings (SSSR count). The van der Waals surface area contributed by atoms with Crippen LogP contribution in [0.1, 0.15) is 0 Å². The largest absolute Gasteiger partial charge is 0.495 e. The van der Waals surface area contributed by atoms with Crippen molar-refractivity contribution in [2.75, 3.05) is 24.6 Å². The minimum Gasteiger partial charge on any atom is -0.495 e. The molecule has 3 aromatic rings. The van der Waals surface area contributed by atoms with Gasteiger partial charge < -0.3 is 20.1 Å². The van der Waals surface area contributed by atoms with Crippen LogP contribution in [0.4, 0.5) is 19.3 Å². The molecule has 1 aromatic heterocycles. The van der Waals surface area contributed by atoms with Crippen molar-refractivity contribution in [2.45, 2.75) is 0 Å². The van der Waals surface area contributed by atoms with E-state index >= 15 is 0 Å². The summed E-state index contributed by atoms with van der Waals surface area (Å²) in [6.45, 7) is -0.121. The van der Waals surface area contributed by atoms with Gasteiger partial charge in [-0.1, -0.05) is 12.8 Å². The van der Waals surface area contributed by atoms with E-state index in [1.807, 2.05) is 0 Å². The summed E-state index contributed by atoms with van der Waals surface area (Å²) in [6.07, 6.45) is 0. The summed E-state index contributed by atoms with van der Waals surface area (Å²) >= 11 is 4.20. The summed E-state index contributed by atoms with van der Waals surface area (Å²) in [5, 5.41) is 11.8. The van der Waals surface area contributed by atoms with Crippen LogP contribution >= 0.6 is 12.8 Å². The molecule has 0 aliphatic heterocycles. The monoisotopic (exact) mass is 393 g/mol.